The van der Waals surface area contributed by atoms with Crippen molar-refractivity contribution in [1.82, 2.24) is 0 Å². The number of hydrogen-bond donors (Lipinski definition) is 1. The highest BCUT2D eigenvalue weighted by Gasteiger charge is 2.19. The highest BCUT2D eigenvalue weighted by atomic mass is 35.5. The van der Waals surface area contributed by atoms with Crippen molar-refractivity contribution in [2.45, 2.75) is 13.0 Å². The Morgan fingerprint density at radius 1 is 1.19 bits per heavy atom. The first-order valence-electron chi connectivity index (χ1n) is 6.27. The number of aliphatic hydroxyl groups excluding tert-OH is 1. The van der Waals surface area contributed by atoms with Gasteiger partial charge in [0.05, 0.1) is 11.7 Å². The minimum absolute atomic E-state index is 0.0355. The summed E-state index contributed by atoms with van der Waals surface area (Å²) in [6, 6.07) is 10.3. The molecule has 0 fully saturated rings. The number of hydrogen-bond acceptors (Lipinski definition) is 2. The lowest BCUT2D eigenvalue weighted by Crippen LogP contribution is -2.09. The van der Waals surface area contributed by atoms with Crippen molar-refractivity contribution in [3.05, 3.63) is 83.2 Å². The number of halogens is 2. The maximum atomic E-state index is 13.6. The molecule has 1 atom stereocenters. The molecule has 21 heavy (non-hydrogen) atoms. The van der Waals surface area contributed by atoms with Crippen molar-refractivity contribution in [1.29, 1.82) is 0 Å². The first kappa shape index (κ1) is 17.1. The number of rotatable bonds is 3. The normalized spacial score (nSPS) is 11.2. The van der Waals surface area contributed by atoms with Crippen molar-refractivity contribution < 1.29 is 14.3 Å². The Balaban J connectivity index is 0.00000106. The Kier molecular flexibility index (Phi) is 6.28. The average Bonchev–Trinajstić information content (AvgIpc) is 2.48. The fourth-order valence-corrected chi connectivity index (χ4v) is 2.05. The van der Waals surface area contributed by atoms with Crippen LogP contribution in [0.4, 0.5) is 4.39 Å². The monoisotopic (exact) mass is 306 g/mol. The highest BCUT2D eigenvalue weighted by Crippen LogP contribution is 2.25. The van der Waals surface area contributed by atoms with Crippen LogP contribution in [0.3, 0.4) is 0 Å². The number of aliphatic hydroxyl groups is 1. The van der Waals surface area contributed by atoms with E-state index in [1.807, 2.05) is 0 Å². The summed E-state index contributed by atoms with van der Waals surface area (Å²) in [5.41, 5.74) is 0.608. The van der Waals surface area contributed by atoms with Gasteiger partial charge in [-0.15, -0.1) is 13.2 Å². The molecule has 0 heterocycles. The summed E-state index contributed by atoms with van der Waals surface area (Å²) in [6.45, 7) is 7.54. The predicted molar refractivity (Wildman–Crippen MR) is 83.2 cm³/mol. The predicted octanol–water partition coefficient (Wildman–Crippen LogP) is 4.57. The molecular weight excluding hydrogens is 291 g/mol. The van der Waals surface area contributed by atoms with Gasteiger partial charge in [-0.2, -0.15) is 0 Å². The van der Waals surface area contributed by atoms with Crippen LogP contribution >= 0.6 is 11.6 Å². The van der Waals surface area contributed by atoms with Crippen LogP contribution in [0.5, 0.6) is 0 Å². The summed E-state index contributed by atoms with van der Waals surface area (Å²) in [7, 11) is 0. The zero-order chi connectivity index (χ0) is 16.0. The Morgan fingerprint density at radius 2 is 1.81 bits per heavy atom. The van der Waals surface area contributed by atoms with E-state index in [1.54, 1.807) is 25.1 Å². The molecule has 0 aliphatic rings. The molecule has 4 heteroatoms. The molecule has 0 aliphatic carbocycles. The average molecular weight is 307 g/mol. The largest absolute Gasteiger partial charge is 0.389 e. The highest BCUT2D eigenvalue weighted by molar-refractivity contribution is 6.31. The van der Waals surface area contributed by atoms with Gasteiger partial charge in [0.1, 0.15) is 5.82 Å². The van der Waals surface area contributed by atoms with Gasteiger partial charge < -0.3 is 5.11 Å². The van der Waals surface area contributed by atoms with Gasteiger partial charge in [0.25, 0.3) is 0 Å². The summed E-state index contributed by atoms with van der Waals surface area (Å²) >= 11 is 5.87. The van der Waals surface area contributed by atoms with Crippen molar-refractivity contribution in [3.8, 4) is 0 Å². The zero-order valence-corrected chi connectivity index (χ0v) is 12.4. The molecule has 0 saturated carbocycles. The van der Waals surface area contributed by atoms with Gasteiger partial charge >= 0.3 is 0 Å². The SMILES string of the molecule is C=C.CC(O)c1ccc(Cl)cc1C(=O)c1ccccc1F. The van der Waals surface area contributed by atoms with E-state index in [9.17, 15) is 14.3 Å². The van der Waals surface area contributed by atoms with Gasteiger partial charge in [0.15, 0.2) is 5.78 Å². The zero-order valence-electron chi connectivity index (χ0n) is 11.6. The smallest absolute Gasteiger partial charge is 0.196 e. The maximum Gasteiger partial charge on any atom is 0.196 e. The van der Waals surface area contributed by atoms with Crippen molar-refractivity contribution in [2.24, 2.45) is 0 Å². The Hall–Kier alpha value is -1.97. The molecule has 0 spiro atoms. The molecule has 0 bridgehead atoms. The molecule has 2 rings (SSSR count). The molecule has 0 aliphatic heterocycles. The third-order valence-corrected chi connectivity index (χ3v) is 3.06. The van der Waals surface area contributed by atoms with Gasteiger partial charge in [0, 0.05) is 10.6 Å². The van der Waals surface area contributed by atoms with E-state index >= 15 is 0 Å². The van der Waals surface area contributed by atoms with Crippen LogP contribution < -0.4 is 0 Å². The fraction of sp³-hybridized carbons (Fsp3) is 0.118. The van der Waals surface area contributed by atoms with Crippen LogP contribution in [0.2, 0.25) is 5.02 Å². The lowest BCUT2D eigenvalue weighted by molar-refractivity contribution is 0.102. The second-order valence-electron chi connectivity index (χ2n) is 4.22. The van der Waals surface area contributed by atoms with Crippen LogP contribution in [0.15, 0.2) is 55.6 Å². The van der Waals surface area contributed by atoms with Gasteiger partial charge in [-0.25, -0.2) is 4.39 Å². The summed E-state index contributed by atoms with van der Waals surface area (Å²) in [4.78, 5) is 12.3. The van der Waals surface area contributed by atoms with Crippen LogP contribution in [0.1, 0.15) is 34.5 Å². The van der Waals surface area contributed by atoms with E-state index in [2.05, 4.69) is 13.2 Å². The molecule has 2 aromatic rings. The molecule has 0 saturated heterocycles. The van der Waals surface area contributed by atoms with E-state index in [1.165, 1.54) is 24.3 Å². The molecular formula is C17H16ClFO2. The van der Waals surface area contributed by atoms with Crippen molar-refractivity contribution >= 4 is 17.4 Å². The molecule has 0 radical (unpaired) electrons. The van der Waals surface area contributed by atoms with Crippen molar-refractivity contribution in [2.75, 3.05) is 0 Å². The number of ketones is 1. The molecule has 2 nitrogen and oxygen atoms in total. The number of carbonyl (C=O) groups is 1. The number of benzene rings is 2. The minimum atomic E-state index is -0.831. The Morgan fingerprint density at radius 3 is 2.38 bits per heavy atom. The minimum Gasteiger partial charge on any atom is -0.389 e. The van der Waals surface area contributed by atoms with Crippen LogP contribution in [0, 0.1) is 5.82 Å². The van der Waals surface area contributed by atoms with E-state index < -0.39 is 17.7 Å². The molecule has 1 N–H and O–H groups in total. The van der Waals surface area contributed by atoms with Crippen LogP contribution in [-0.4, -0.2) is 10.9 Å². The molecule has 110 valence electrons. The van der Waals surface area contributed by atoms with Gasteiger partial charge in [-0.05, 0) is 36.8 Å². The third kappa shape index (κ3) is 4.00. The number of carbonyl (C=O) groups excluding carboxylic acids is 1. The van der Waals surface area contributed by atoms with E-state index in [-0.39, 0.29) is 11.1 Å². The lowest BCUT2D eigenvalue weighted by atomic mass is 9.95. The molecule has 1 unspecified atom stereocenters. The van der Waals surface area contributed by atoms with Crippen molar-refractivity contribution in [3.63, 3.8) is 0 Å². The standard InChI is InChI=1S/C15H12ClFO2.C2H4/c1-9(18)11-7-6-10(16)8-13(11)15(19)12-4-2-3-5-14(12)17;1-2/h2-9,18H,1H3;1-2H2. The third-order valence-electron chi connectivity index (χ3n) is 2.83. The topological polar surface area (TPSA) is 37.3 Å². The quantitative estimate of drug-likeness (QED) is 0.666. The second-order valence-corrected chi connectivity index (χ2v) is 4.65. The van der Waals surface area contributed by atoms with Gasteiger partial charge in [-0.1, -0.05) is 29.8 Å². The molecule has 2 aromatic carbocycles. The van der Waals surface area contributed by atoms with E-state index in [4.69, 9.17) is 11.6 Å². The second kappa shape index (κ2) is 7.72. The maximum absolute atomic E-state index is 13.6. The summed E-state index contributed by atoms with van der Waals surface area (Å²) in [5, 5.41) is 10.0. The Bertz CT molecular complexity index is 638. The van der Waals surface area contributed by atoms with Gasteiger partial charge in [-0.3, -0.25) is 4.79 Å². The summed E-state index contributed by atoms with van der Waals surface area (Å²) in [6.07, 6.45) is -0.831. The summed E-state index contributed by atoms with van der Waals surface area (Å²) < 4.78 is 13.6. The molecule has 0 aromatic heterocycles. The summed E-state index contributed by atoms with van der Waals surface area (Å²) in [5.74, 6) is -1.08. The Labute approximate surface area is 128 Å². The lowest BCUT2D eigenvalue weighted by Gasteiger charge is -2.12. The molecule has 0 amide bonds. The first-order valence-corrected chi connectivity index (χ1v) is 6.65. The van der Waals surface area contributed by atoms with E-state index in [0.717, 1.165) is 0 Å². The van der Waals surface area contributed by atoms with Crippen LogP contribution in [0.25, 0.3) is 0 Å². The fourth-order valence-electron chi connectivity index (χ4n) is 1.88. The first-order chi connectivity index (χ1) is 10.0. The van der Waals surface area contributed by atoms with Crippen LogP contribution in [-0.2, 0) is 0 Å². The van der Waals surface area contributed by atoms with Gasteiger partial charge in [0.2, 0.25) is 0 Å². The van der Waals surface area contributed by atoms with E-state index in [0.29, 0.717) is 10.6 Å².